The summed E-state index contributed by atoms with van der Waals surface area (Å²) in [7, 11) is 0. The van der Waals surface area contributed by atoms with E-state index in [1.807, 2.05) is 0 Å². The Morgan fingerprint density at radius 3 is 2.61 bits per heavy atom. The number of hydrogen-bond donors (Lipinski definition) is 2. The molecule has 0 radical (unpaired) electrons. The van der Waals surface area contributed by atoms with Crippen LogP contribution in [0.25, 0.3) is 0 Å². The second kappa shape index (κ2) is 6.15. The fourth-order valence-electron chi connectivity index (χ4n) is 1.58. The second-order valence-electron chi connectivity index (χ2n) is 4.18. The highest BCUT2D eigenvalue weighted by Gasteiger charge is 2.17. The number of rotatable bonds is 5. The Morgan fingerprint density at radius 1 is 1.39 bits per heavy atom. The molecule has 0 atom stereocenters. The minimum atomic E-state index is -0.753. The van der Waals surface area contributed by atoms with Gasteiger partial charge in [-0.2, -0.15) is 11.8 Å². The number of hydrogen-bond acceptors (Lipinski definition) is 3. The van der Waals surface area contributed by atoms with Crippen molar-refractivity contribution in [3.8, 4) is 0 Å². The third-order valence-corrected chi connectivity index (χ3v) is 3.85. The molecule has 6 heteroatoms. The highest BCUT2D eigenvalue weighted by atomic mass is 32.2. The molecule has 0 bridgehead atoms. The molecule has 1 saturated heterocycles. The summed E-state index contributed by atoms with van der Waals surface area (Å²) in [6, 6.07) is 3.50. The zero-order valence-electron chi connectivity index (χ0n) is 9.71. The molecule has 1 heterocycles. The van der Waals surface area contributed by atoms with Gasteiger partial charge in [0, 0.05) is 0 Å². The molecule has 1 aromatic carbocycles. The van der Waals surface area contributed by atoms with Crippen LogP contribution in [-0.4, -0.2) is 30.5 Å². The largest absolute Gasteiger partial charge is 0.320 e. The molecule has 1 aliphatic heterocycles. The maximum absolute atomic E-state index is 13.3. The first-order valence-electron chi connectivity index (χ1n) is 5.69. The Bertz CT molecular complexity index is 418. The topological polar surface area (TPSA) is 41.1 Å². The van der Waals surface area contributed by atoms with E-state index in [0.717, 1.165) is 31.0 Å². The quantitative estimate of drug-likeness (QED) is 0.859. The van der Waals surface area contributed by atoms with E-state index in [9.17, 15) is 13.6 Å². The fourth-order valence-corrected chi connectivity index (χ4v) is 2.52. The van der Waals surface area contributed by atoms with Crippen molar-refractivity contribution in [3.05, 3.63) is 29.8 Å². The van der Waals surface area contributed by atoms with Crippen LogP contribution in [0.4, 0.5) is 14.5 Å². The average Bonchev–Trinajstić information content (AvgIpc) is 2.27. The van der Waals surface area contributed by atoms with Gasteiger partial charge in [-0.3, -0.25) is 4.79 Å². The van der Waals surface area contributed by atoms with Crippen LogP contribution in [0, 0.1) is 17.6 Å². The third kappa shape index (κ3) is 3.43. The molecule has 1 aliphatic rings. The summed E-state index contributed by atoms with van der Waals surface area (Å²) in [5, 5.41) is 5.40. The van der Waals surface area contributed by atoms with E-state index in [1.165, 1.54) is 17.8 Å². The van der Waals surface area contributed by atoms with Gasteiger partial charge in [0.2, 0.25) is 5.91 Å². The lowest BCUT2D eigenvalue weighted by atomic mass is 10.1. The number of para-hydroxylation sites is 1. The van der Waals surface area contributed by atoms with Crippen LogP contribution in [0.5, 0.6) is 0 Å². The summed E-state index contributed by atoms with van der Waals surface area (Å²) in [6.07, 6.45) is 0. The molecular formula is C12H14F2N2OS. The van der Waals surface area contributed by atoms with E-state index in [2.05, 4.69) is 10.6 Å². The van der Waals surface area contributed by atoms with E-state index in [0.29, 0.717) is 5.92 Å². The van der Waals surface area contributed by atoms with Crippen LogP contribution >= 0.6 is 11.8 Å². The molecule has 1 aromatic rings. The maximum atomic E-state index is 13.3. The van der Waals surface area contributed by atoms with Gasteiger partial charge in [-0.1, -0.05) is 6.07 Å². The normalized spacial score (nSPS) is 15.2. The lowest BCUT2D eigenvalue weighted by molar-refractivity contribution is -0.113. The highest BCUT2D eigenvalue weighted by Crippen LogP contribution is 2.19. The van der Waals surface area contributed by atoms with Gasteiger partial charge in [0.15, 0.2) is 0 Å². The minimum Gasteiger partial charge on any atom is -0.320 e. The SMILES string of the molecule is O=C(CSCC1CNC1)Nc1c(F)cccc1F. The van der Waals surface area contributed by atoms with E-state index >= 15 is 0 Å². The van der Waals surface area contributed by atoms with Crippen molar-refractivity contribution in [1.82, 2.24) is 5.32 Å². The molecule has 1 amide bonds. The van der Waals surface area contributed by atoms with Gasteiger partial charge >= 0.3 is 0 Å². The Morgan fingerprint density at radius 2 is 2.06 bits per heavy atom. The Labute approximate surface area is 108 Å². The van der Waals surface area contributed by atoms with Gasteiger partial charge in [-0.15, -0.1) is 0 Å². The van der Waals surface area contributed by atoms with Gasteiger partial charge in [0.1, 0.15) is 17.3 Å². The van der Waals surface area contributed by atoms with Gasteiger partial charge in [0.05, 0.1) is 5.75 Å². The number of benzene rings is 1. The first-order valence-corrected chi connectivity index (χ1v) is 6.84. The minimum absolute atomic E-state index is 0.213. The molecule has 2 rings (SSSR count). The number of carbonyl (C=O) groups excluding carboxylic acids is 1. The van der Waals surface area contributed by atoms with Crippen molar-refractivity contribution in [2.24, 2.45) is 5.92 Å². The first kappa shape index (κ1) is 13.3. The van der Waals surface area contributed by atoms with E-state index in [-0.39, 0.29) is 17.3 Å². The van der Waals surface area contributed by atoms with Crippen molar-refractivity contribution in [2.45, 2.75) is 0 Å². The van der Waals surface area contributed by atoms with Crippen LogP contribution < -0.4 is 10.6 Å². The Hall–Kier alpha value is -1.14. The molecule has 3 nitrogen and oxygen atoms in total. The molecule has 0 aromatic heterocycles. The number of halogens is 2. The molecule has 0 unspecified atom stereocenters. The number of anilines is 1. The van der Waals surface area contributed by atoms with Crippen LogP contribution in [0.2, 0.25) is 0 Å². The molecule has 0 spiro atoms. The second-order valence-corrected chi connectivity index (χ2v) is 5.21. The summed E-state index contributed by atoms with van der Waals surface area (Å²) < 4.78 is 26.5. The molecule has 2 N–H and O–H groups in total. The van der Waals surface area contributed by atoms with Crippen molar-refractivity contribution in [1.29, 1.82) is 0 Å². The zero-order valence-corrected chi connectivity index (χ0v) is 10.5. The van der Waals surface area contributed by atoms with Gasteiger partial charge < -0.3 is 10.6 Å². The monoisotopic (exact) mass is 272 g/mol. The lowest BCUT2D eigenvalue weighted by Gasteiger charge is -2.26. The number of carbonyl (C=O) groups is 1. The van der Waals surface area contributed by atoms with Crippen molar-refractivity contribution >= 4 is 23.4 Å². The van der Waals surface area contributed by atoms with Crippen LogP contribution in [0.3, 0.4) is 0 Å². The lowest BCUT2D eigenvalue weighted by Crippen LogP contribution is -2.43. The first-order chi connectivity index (χ1) is 8.66. The van der Waals surface area contributed by atoms with Crippen LogP contribution in [0.15, 0.2) is 18.2 Å². The summed E-state index contributed by atoms with van der Waals surface area (Å²) in [4.78, 5) is 11.5. The summed E-state index contributed by atoms with van der Waals surface area (Å²) in [5.74, 6) is -0.179. The predicted molar refractivity (Wildman–Crippen MR) is 68.7 cm³/mol. The van der Waals surface area contributed by atoms with Gasteiger partial charge in [0.25, 0.3) is 0 Å². The maximum Gasteiger partial charge on any atom is 0.234 e. The van der Waals surface area contributed by atoms with E-state index in [1.54, 1.807) is 0 Å². The van der Waals surface area contributed by atoms with Gasteiger partial charge in [-0.25, -0.2) is 8.78 Å². The molecule has 18 heavy (non-hydrogen) atoms. The number of thioether (sulfide) groups is 1. The van der Waals surface area contributed by atoms with Crippen molar-refractivity contribution < 1.29 is 13.6 Å². The molecule has 0 saturated carbocycles. The van der Waals surface area contributed by atoms with Crippen molar-refractivity contribution in [3.63, 3.8) is 0 Å². The smallest absolute Gasteiger partial charge is 0.234 e. The van der Waals surface area contributed by atoms with E-state index < -0.39 is 11.6 Å². The summed E-state index contributed by atoms with van der Waals surface area (Å²) in [5.41, 5.74) is -0.367. The molecule has 0 aliphatic carbocycles. The average molecular weight is 272 g/mol. The molecular weight excluding hydrogens is 258 g/mol. The standard InChI is InChI=1S/C12H14F2N2OS/c13-9-2-1-3-10(14)12(9)16-11(17)7-18-6-8-4-15-5-8/h1-3,8,15H,4-7H2,(H,16,17). The third-order valence-electron chi connectivity index (χ3n) is 2.68. The van der Waals surface area contributed by atoms with Crippen molar-refractivity contribution in [2.75, 3.05) is 29.9 Å². The summed E-state index contributed by atoms with van der Waals surface area (Å²) in [6.45, 7) is 1.97. The predicted octanol–water partition coefficient (Wildman–Crippen LogP) is 1.86. The van der Waals surface area contributed by atoms with Crippen LogP contribution in [0.1, 0.15) is 0 Å². The zero-order chi connectivity index (χ0) is 13.0. The van der Waals surface area contributed by atoms with Crippen LogP contribution in [-0.2, 0) is 4.79 Å². The van der Waals surface area contributed by atoms with Gasteiger partial charge in [-0.05, 0) is 36.9 Å². The highest BCUT2D eigenvalue weighted by molar-refractivity contribution is 7.99. The Kier molecular flexibility index (Phi) is 4.54. The molecule has 1 fully saturated rings. The number of amides is 1. The summed E-state index contributed by atoms with van der Waals surface area (Å²) >= 11 is 1.48. The Balaban J connectivity index is 1.79. The number of nitrogens with one attached hydrogen (secondary N) is 2. The molecule has 98 valence electrons. The fraction of sp³-hybridized carbons (Fsp3) is 0.417. The van der Waals surface area contributed by atoms with E-state index in [4.69, 9.17) is 0 Å².